The van der Waals surface area contributed by atoms with Crippen molar-refractivity contribution < 1.29 is 5.11 Å². The van der Waals surface area contributed by atoms with E-state index in [1.807, 2.05) is 12.3 Å². The molecule has 0 amide bonds. The quantitative estimate of drug-likeness (QED) is 0.590. The number of nitrogens with one attached hydrogen (secondary N) is 2. The zero-order valence-electron chi connectivity index (χ0n) is 8.42. The van der Waals surface area contributed by atoms with Crippen LogP contribution in [0, 0.1) is 5.41 Å². The van der Waals surface area contributed by atoms with Crippen LogP contribution in [-0.4, -0.2) is 29.8 Å². The lowest BCUT2D eigenvalue weighted by Gasteiger charge is -2.11. The first-order chi connectivity index (χ1) is 6.85. The molecule has 0 aliphatic heterocycles. The normalized spacial score (nSPS) is 18.4. The molecule has 1 aromatic rings. The van der Waals surface area contributed by atoms with E-state index in [1.165, 1.54) is 18.5 Å². The second-order valence-electron chi connectivity index (χ2n) is 4.28. The van der Waals surface area contributed by atoms with Gasteiger partial charge >= 0.3 is 0 Å². The summed E-state index contributed by atoms with van der Waals surface area (Å²) >= 11 is 0. The zero-order chi connectivity index (χ0) is 9.86. The summed E-state index contributed by atoms with van der Waals surface area (Å²) in [5, 5.41) is 12.5. The van der Waals surface area contributed by atoms with E-state index in [9.17, 15) is 0 Å². The van der Waals surface area contributed by atoms with Gasteiger partial charge < -0.3 is 15.4 Å². The van der Waals surface area contributed by atoms with Crippen molar-refractivity contribution in [3.05, 3.63) is 24.0 Å². The molecule has 0 spiro atoms. The summed E-state index contributed by atoms with van der Waals surface area (Å²) in [5.74, 6) is 0. The van der Waals surface area contributed by atoms with Gasteiger partial charge in [0, 0.05) is 37.0 Å². The van der Waals surface area contributed by atoms with Crippen LogP contribution in [0.15, 0.2) is 18.3 Å². The van der Waals surface area contributed by atoms with Crippen molar-refractivity contribution in [2.24, 2.45) is 5.41 Å². The van der Waals surface area contributed by atoms with E-state index in [4.69, 9.17) is 5.11 Å². The van der Waals surface area contributed by atoms with Crippen LogP contribution in [0.3, 0.4) is 0 Å². The Bertz CT molecular complexity index is 265. The van der Waals surface area contributed by atoms with E-state index in [0.717, 1.165) is 19.5 Å². The average Bonchev–Trinajstić information content (AvgIpc) is 2.81. The van der Waals surface area contributed by atoms with E-state index < -0.39 is 0 Å². The third-order valence-corrected chi connectivity index (χ3v) is 3.03. The number of rotatable bonds is 6. The van der Waals surface area contributed by atoms with Crippen molar-refractivity contribution in [2.75, 3.05) is 19.7 Å². The third kappa shape index (κ3) is 2.36. The topological polar surface area (TPSA) is 48.0 Å². The first-order valence-corrected chi connectivity index (χ1v) is 5.29. The lowest BCUT2D eigenvalue weighted by atomic mass is 10.1. The minimum atomic E-state index is 0.232. The largest absolute Gasteiger partial charge is 0.396 e. The predicted octanol–water partition coefficient (Wildman–Crippen LogP) is 0.919. The van der Waals surface area contributed by atoms with Crippen molar-refractivity contribution in [3.8, 4) is 0 Å². The SMILES string of the molecule is OCC1(CNCCc2ccc[nH]2)CC1. The van der Waals surface area contributed by atoms with Crippen LogP contribution in [0.2, 0.25) is 0 Å². The summed E-state index contributed by atoms with van der Waals surface area (Å²) in [6.45, 7) is 2.29. The Morgan fingerprint density at radius 1 is 1.50 bits per heavy atom. The molecule has 2 rings (SSSR count). The molecule has 0 bridgehead atoms. The van der Waals surface area contributed by atoms with Crippen molar-refractivity contribution in [1.29, 1.82) is 0 Å². The standard InChI is InChI=1S/C11H18N2O/c14-9-11(4-5-11)8-12-7-3-10-2-1-6-13-10/h1-2,6,12-14H,3-5,7-9H2. The summed E-state index contributed by atoms with van der Waals surface area (Å²) in [6.07, 6.45) is 5.35. The highest BCUT2D eigenvalue weighted by Gasteiger charge is 2.41. The van der Waals surface area contributed by atoms with E-state index in [0.29, 0.717) is 6.61 Å². The summed E-state index contributed by atoms with van der Waals surface area (Å²) in [6, 6.07) is 4.12. The highest BCUT2D eigenvalue weighted by Crippen LogP contribution is 2.44. The zero-order valence-corrected chi connectivity index (χ0v) is 8.42. The van der Waals surface area contributed by atoms with Gasteiger partial charge in [-0.05, 0) is 31.4 Å². The number of aliphatic hydroxyl groups excluding tert-OH is 1. The Morgan fingerprint density at radius 3 is 2.93 bits per heavy atom. The average molecular weight is 194 g/mol. The van der Waals surface area contributed by atoms with Crippen LogP contribution in [-0.2, 0) is 6.42 Å². The maximum Gasteiger partial charge on any atom is 0.0499 e. The lowest BCUT2D eigenvalue weighted by Crippen LogP contribution is -2.28. The Balaban J connectivity index is 1.60. The van der Waals surface area contributed by atoms with Crippen LogP contribution < -0.4 is 5.32 Å². The minimum absolute atomic E-state index is 0.232. The number of aromatic nitrogens is 1. The molecule has 0 saturated heterocycles. The molecule has 0 atom stereocenters. The molecule has 1 heterocycles. The predicted molar refractivity (Wildman–Crippen MR) is 56.1 cm³/mol. The van der Waals surface area contributed by atoms with Gasteiger partial charge in [-0.2, -0.15) is 0 Å². The fourth-order valence-electron chi connectivity index (χ4n) is 1.67. The van der Waals surface area contributed by atoms with Crippen LogP contribution in [0.5, 0.6) is 0 Å². The van der Waals surface area contributed by atoms with Crippen molar-refractivity contribution >= 4 is 0 Å². The van der Waals surface area contributed by atoms with Gasteiger partial charge in [-0.3, -0.25) is 0 Å². The molecule has 1 aliphatic rings. The summed E-state index contributed by atoms with van der Waals surface area (Å²) in [4.78, 5) is 3.18. The summed E-state index contributed by atoms with van der Waals surface area (Å²) in [5.41, 5.74) is 1.50. The van der Waals surface area contributed by atoms with Crippen molar-refractivity contribution in [1.82, 2.24) is 10.3 Å². The number of aromatic amines is 1. The molecule has 1 fully saturated rings. The molecular formula is C11H18N2O. The summed E-state index contributed by atoms with van der Waals surface area (Å²) in [7, 11) is 0. The Hall–Kier alpha value is -0.800. The molecule has 3 heteroatoms. The molecule has 3 N–H and O–H groups in total. The first-order valence-electron chi connectivity index (χ1n) is 5.29. The lowest BCUT2D eigenvalue weighted by molar-refractivity contribution is 0.208. The van der Waals surface area contributed by atoms with E-state index in [2.05, 4.69) is 16.4 Å². The molecule has 0 aromatic carbocycles. The highest BCUT2D eigenvalue weighted by molar-refractivity contribution is 5.04. The molecular weight excluding hydrogens is 176 g/mol. The van der Waals surface area contributed by atoms with Gasteiger partial charge in [0.1, 0.15) is 0 Å². The molecule has 14 heavy (non-hydrogen) atoms. The Labute approximate surface area is 84.5 Å². The van der Waals surface area contributed by atoms with Crippen LogP contribution in [0.4, 0.5) is 0 Å². The molecule has 3 nitrogen and oxygen atoms in total. The maximum absolute atomic E-state index is 9.09. The number of hydrogen-bond donors (Lipinski definition) is 3. The van der Waals surface area contributed by atoms with Gasteiger partial charge in [0.05, 0.1) is 0 Å². The van der Waals surface area contributed by atoms with Crippen LogP contribution >= 0.6 is 0 Å². The molecule has 0 unspecified atom stereocenters. The van der Waals surface area contributed by atoms with E-state index in [-0.39, 0.29) is 5.41 Å². The van der Waals surface area contributed by atoms with Gasteiger partial charge in [-0.1, -0.05) is 0 Å². The van der Waals surface area contributed by atoms with Crippen molar-refractivity contribution in [3.63, 3.8) is 0 Å². The van der Waals surface area contributed by atoms with Gasteiger partial charge in [-0.15, -0.1) is 0 Å². The maximum atomic E-state index is 9.09. The molecule has 1 saturated carbocycles. The number of H-pyrrole nitrogens is 1. The Morgan fingerprint density at radius 2 is 2.36 bits per heavy atom. The highest BCUT2D eigenvalue weighted by atomic mass is 16.3. The number of hydrogen-bond acceptors (Lipinski definition) is 2. The molecule has 78 valence electrons. The fraction of sp³-hybridized carbons (Fsp3) is 0.636. The summed E-state index contributed by atoms with van der Waals surface area (Å²) < 4.78 is 0. The van der Waals surface area contributed by atoms with Gasteiger partial charge in [-0.25, -0.2) is 0 Å². The third-order valence-electron chi connectivity index (χ3n) is 3.03. The van der Waals surface area contributed by atoms with E-state index >= 15 is 0 Å². The van der Waals surface area contributed by atoms with E-state index in [1.54, 1.807) is 0 Å². The molecule has 1 aromatic heterocycles. The monoisotopic (exact) mass is 194 g/mol. The number of aliphatic hydroxyl groups is 1. The molecule has 1 aliphatic carbocycles. The molecule has 0 radical (unpaired) electrons. The first kappa shape index (κ1) is 9.74. The second-order valence-corrected chi connectivity index (χ2v) is 4.28. The smallest absolute Gasteiger partial charge is 0.0499 e. The van der Waals surface area contributed by atoms with Gasteiger partial charge in [0.15, 0.2) is 0 Å². The van der Waals surface area contributed by atoms with Gasteiger partial charge in [0.25, 0.3) is 0 Å². The Kier molecular flexibility index (Phi) is 2.89. The fourth-order valence-corrected chi connectivity index (χ4v) is 1.67. The van der Waals surface area contributed by atoms with Crippen molar-refractivity contribution in [2.45, 2.75) is 19.3 Å². The van der Waals surface area contributed by atoms with Gasteiger partial charge in [0.2, 0.25) is 0 Å². The second kappa shape index (κ2) is 4.15. The van der Waals surface area contributed by atoms with Crippen LogP contribution in [0.1, 0.15) is 18.5 Å². The van der Waals surface area contributed by atoms with Crippen LogP contribution in [0.25, 0.3) is 0 Å². The minimum Gasteiger partial charge on any atom is -0.396 e.